The lowest BCUT2D eigenvalue weighted by atomic mass is 10.1. The predicted octanol–water partition coefficient (Wildman–Crippen LogP) is 2.56. The van der Waals surface area contributed by atoms with Gasteiger partial charge in [-0.05, 0) is 42.9 Å². The molecule has 1 aromatic carbocycles. The van der Waals surface area contributed by atoms with Gasteiger partial charge in [-0.3, -0.25) is 0 Å². The van der Waals surface area contributed by atoms with Gasteiger partial charge in [0, 0.05) is 0 Å². The quantitative estimate of drug-likeness (QED) is 0.779. The van der Waals surface area contributed by atoms with E-state index < -0.39 is 0 Å². The number of rotatable bonds is 6. The van der Waals surface area contributed by atoms with Crippen LogP contribution in [0.2, 0.25) is 5.02 Å². The standard InChI is InChI=1S/C12H16ClNO2/c13-11-7-9(5-6-16-14)3-4-12(11)15-8-10-1-2-10/h3-4,7,10H,1-2,5-6,8,14H2. The van der Waals surface area contributed by atoms with Gasteiger partial charge in [0.25, 0.3) is 0 Å². The number of halogens is 1. The van der Waals surface area contributed by atoms with Crippen LogP contribution in [-0.2, 0) is 11.3 Å². The molecule has 0 aromatic heterocycles. The first-order chi connectivity index (χ1) is 7.79. The van der Waals surface area contributed by atoms with Crippen molar-refractivity contribution in [3.63, 3.8) is 0 Å². The molecule has 0 saturated heterocycles. The van der Waals surface area contributed by atoms with Crippen molar-refractivity contribution in [3.8, 4) is 5.75 Å². The molecule has 1 aromatic rings. The molecule has 1 aliphatic rings. The first-order valence-electron chi connectivity index (χ1n) is 5.52. The summed E-state index contributed by atoms with van der Waals surface area (Å²) in [6, 6.07) is 5.81. The molecular formula is C12H16ClNO2. The van der Waals surface area contributed by atoms with Crippen LogP contribution in [-0.4, -0.2) is 13.2 Å². The largest absolute Gasteiger partial charge is 0.492 e. The van der Waals surface area contributed by atoms with E-state index in [1.165, 1.54) is 12.8 Å². The van der Waals surface area contributed by atoms with Gasteiger partial charge in [-0.15, -0.1) is 0 Å². The minimum absolute atomic E-state index is 0.499. The molecular weight excluding hydrogens is 226 g/mol. The highest BCUT2D eigenvalue weighted by molar-refractivity contribution is 6.32. The highest BCUT2D eigenvalue weighted by Crippen LogP contribution is 2.32. The van der Waals surface area contributed by atoms with Gasteiger partial charge in [0.2, 0.25) is 0 Å². The van der Waals surface area contributed by atoms with Crippen molar-refractivity contribution in [2.75, 3.05) is 13.2 Å². The lowest BCUT2D eigenvalue weighted by molar-refractivity contribution is 0.141. The second-order valence-corrected chi connectivity index (χ2v) is 4.55. The normalized spacial score (nSPS) is 15.1. The summed E-state index contributed by atoms with van der Waals surface area (Å²) in [4.78, 5) is 4.53. The molecule has 88 valence electrons. The maximum atomic E-state index is 6.12. The van der Waals surface area contributed by atoms with Crippen molar-refractivity contribution < 1.29 is 9.57 Å². The second-order valence-electron chi connectivity index (χ2n) is 4.14. The second kappa shape index (κ2) is 5.53. The van der Waals surface area contributed by atoms with E-state index in [0.717, 1.165) is 30.3 Å². The first kappa shape index (κ1) is 11.7. The number of benzene rings is 1. The summed E-state index contributed by atoms with van der Waals surface area (Å²) in [6.07, 6.45) is 3.33. The molecule has 0 spiro atoms. The zero-order valence-electron chi connectivity index (χ0n) is 9.12. The molecule has 1 fully saturated rings. The number of nitrogens with two attached hydrogens (primary N) is 1. The monoisotopic (exact) mass is 241 g/mol. The number of ether oxygens (including phenoxy) is 1. The van der Waals surface area contributed by atoms with E-state index in [1.807, 2.05) is 18.2 Å². The summed E-state index contributed by atoms with van der Waals surface area (Å²) in [5, 5.41) is 0.662. The Balaban J connectivity index is 1.92. The van der Waals surface area contributed by atoms with Crippen LogP contribution in [0.1, 0.15) is 18.4 Å². The van der Waals surface area contributed by atoms with Gasteiger partial charge in [-0.25, -0.2) is 5.90 Å². The molecule has 1 aliphatic carbocycles. The SMILES string of the molecule is NOCCc1ccc(OCC2CC2)c(Cl)c1. The van der Waals surface area contributed by atoms with Crippen LogP contribution in [0, 0.1) is 5.92 Å². The van der Waals surface area contributed by atoms with E-state index in [1.54, 1.807) is 0 Å². The topological polar surface area (TPSA) is 44.5 Å². The molecule has 2 N–H and O–H groups in total. The Bertz CT molecular complexity index is 353. The fourth-order valence-electron chi connectivity index (χ4n) is 1.49. The van der Waals surface area contributed by atoms with Crippen LogP contribution in [0.25, 0.3) is 0 Å². The maximum absolute atomic E-state index is 6.12. The molecule has 0 atom stereocenters. The van der Waals surface area contributed by atoms with Crippen molar-refractivity contribution in [1.29, 1.82) is 0 Å². The van der Waals surface area contributed by atoms with E-state index in [9.17, 15) is 0 Å². The van der Waals surface area contributed by atoms with Crippen LogP contribution in [0.5, 0.6) is 5.75 Å². The average molecular weight is 242 g/mol. The molecule has 0 bridgehead atoms. The van der Waals surface area contributed by atoms with E-state index in [4.69, 9.17) is 22.2 Å². The van der Waals surface area contributed by atoms with Crippen LogP contribution < -0.4 is 10.6 Å². The highest BCUT2D eigenvalue weighted by atomic mass is 35.5. The van der Waals surface area contributed by atoms with Crippen molar-refractivity contribution in [1.82, 2.24) is 0 Å². The first-order valence-corrected chi connectivity index (χ1v) is 5.90. The van der Waals surface area contributed by atoms with E-state index in [0.29, 0.717) is 11.6 Å². The van der Waals surface area contributed by atoms with Gasteiger partial charge in [0.15, 0.2) is 0 Å². The Morgan fingerprint density at radius 3 is 2.81 bits per heavy atom. The summed E-state index contributed by atoms with van der Waals surface area (Å²) < 4.78 is 5.63. The molecule has 0 amide bonds. The van der Waals surface area contributed by atoms with Gasteiger partial charge in [-0.2, -0.15) is 0 Å². The molecule has 0 unspecified atom stereocenters. The maximum Gasteiger partial charge on any atom is 0.137 e. The summed E-state index contributed by atoms with van der Waals surface area (Å²) in [6.45, 7) is 1.28. The summed E-state index contributed by atoms with van der Waals surface area (Å²) >= 11 is 6.12. The van der Waals surface area contributed by atoms with Gasteiger partial charge >= 0.3 is 0 Å². The summed E-state index contributed by atoms with van der Waals surface area (Å²) in [5.41, 5.74) is 1.11. The lowest BCUT2D eigenvalue weighted by Gasteiger charge is -2.08. The van der Waals surface area contributed by atoms with Crippen LogP contribution in [0.15, 0.2) is 18.2 Å². The minimum atomic E-state index is 0.499. The highest BCUT2D eigenvalue weighted by Gasteiger charge is 2.22. The fourth-order valence-corrected chi connectivity index (χ4v) is 1.74. The van der Waals surface area contributed by atoms with E-state index in [-0.39, 0.29) is 0 Å². The van der Waals surface area contributed by atoms with Gasteiger partial charge in [-0.1, -0.05) is 17.7 Å². The third-order valence-electron chi connectivity index (χ3n) is 2.68. The zero-order valence-corrected chi connectivity index (χ0v) is 9.87. The average Bonchev–Trinajstić information content (AvgIpc) is 3.09. The summed E-state index contributed by atoms with van der Waals surface area (Å²) in [7, 11) is 0. The third kappa shape index (κ3) is 3.37. The Morgan fingerprint density at radius 2 is 2.19 bits per heavy atom. The minimum Gasteiger partial charge on any atom is -0.492 e. The Labute approximate surface area is 100 Å². The third-order valence-corrected chi connectivity index (χ3v) is 2.97. The van der Waals surface area contributed by atoms with E-state index >= 15 is 0 Å². The van der Waals surface area contributed by atoms with Gasteiger partial charge in [0.05, 0.1) is 18.2 Å². The molecule has 3 nitrogen and oxygen atoms in total. The smallest absolute Gasteiger partial charge is 0.137 e. The van der Waals surface area contributed by atoms with Crippen molar-refractivity contribution >= 4 is 11.6 Å². The number of hydrogen-bond acceptors (Lipinski definition) is 3. The van der Waals surface area contributed by atoms with Gasteiger partial charge < -0.3 is 9.57 Å². The van der Waals surface area contributed by atoms with Gasteiger partial charge in [0.1, 0.15) is 5.75 Å². The van der Waals surface area contributed by atoms with E-state index in [2.05, 4.69) is 4.84 Å². The fraction of sp³-hybridized carbons (Fsp3) is 0.500. The zero-order chi connectivity index (χ0) is 11.4. The Morgan fingerprint density at radius 1 is 1.38 bits per heavy atom. The number of hydrogen-bond donors (Lipinski definition) is 1. The van der Waals surface area contributed by atoms with Crippen LogP contribution in [0.4, 0.5) is 0 Å². The Kier molecular flexibility index (Phi) is 4.04. The molecule has 0 aliphatic heterocycles. The molecule has 1 saturated carbocycles. The molecule has 4 heteroatoms. The van der Waals surface area contributed by atoms with Crippen molar-refractivity contribution in [2.45, 2.75) is 19.3 Å². The summed E-state index contributed by atoms with van der Waals surface area (Å²) in [5.74, 6) is 6.48. The van der Waals surface area contributed by atoms with Crippen molar-refractivity contribution in [2.24, 2.45) is 11.8 Å². The molecule has 2 rings (SSSR count). The van der Waals surface area contributed by atoms with Crippen LogP contribution in [0.3, 0.4) is 0 Å². The van der Waals surface area contributed by atoms with Crippen LogP contribution >= 0.6 is 11.6 Å². The molecule has 0 radical (unpaired) electrons. The molecule has 0 heterocycles. The molecule has 16 heavy (non-hydrogen) atoms. The Hall–Kier alpha value is -0.770. The predicted molar refractivity (Wildman–Crippen MR) is 63.5 cm³/mol. The van der Waals surface area contributed by atoms with Crippen molar-refractivity contribution in [3.05, 3.63) is 28.8 Å². The lowest BCUT2D eigenvalue weighted by Crippen LogP contribution is -2.04.